The van der Waals surface area contributed by atoms with Gasteiger partial charge in [-0.25, -0.2) is 4.79 Å². The van der Waals surface area contributed by atoms with E-state index in [2.05, 4.69) is 6.58 Å². The summed E-state index contributed by atoms with van der Waals surface area (Å²) < 4.78 is 10.1. The van der Waals surface area contributed by atoms with Crippen LogP contribution in [0.1, 0.15) is 29.0 Å². The van der Waals surface area contributed by atoms with E-state index in [4.69, 9.17) is 14.3 Å². The lowest BCUT2D eigenvalue weighted by Gasteiger charge is -2.01. The smallest absolute Gasteiger partial charge is 0.372 e. The Hall–Kier alpha value is -1.55. The van der Waals surface area contributed by atoms with Crippen LogP contribution in [0.4, 0.5) is 0 Å². The van der Waals surface area contributed by atoms with Crippen molar-refractivity contribution in [1.82, 2.24) is 0 Å². The van der Waals surface area contributed by atoms with E-state index in [1.807, 2.05) is 6.08 Å². The molecule has 82 valence electrons. The number of carboxylic acid groups (broad SMARTS) is 1. The molecule has 0 aromatic carbocycles. The fourth-order valence-electron chi connectivity index (χ4n) is 1.15. The van der Waals surface area contributed by atoms with Crippen molar-refractivity contribution in [1.29, 1.82) is 0 Å². The highest BCUT2D eigenvalue weighted by Gasteiger charge is 2.13. The minimum Gasteiger partial charge on any atom is -0.475 e. The number of hydrogen-bond acceptors (Lipinski definition) is 3. The van der Waals surface area contributed by atoms with Crippen molar-refractivity contribution in [2.24, 2.45) is 0 Å². The molecule has 1 N–H and O–H groups in total. The molecule has 0 amide bonds. The van der Waals surface area contributed by atoms with Crippen LogP contribution in [0.3, 0.4) is 0 Å². The minimum atomic E-state index is -1.07. The molecule has 0 spiro atoms. The molecule has 0 radical (unpaired) electrons. The van der Waals surface area contributed by atoms with Crippen LogP contribution in [-0.4, -0.2) is 17.7 Å². The highest BCUT2D eigenvalue weighted by Crippen LogP contribution is 2.11. The molecule has 0 aliphatic heterocycles. The Kier molecular flexibility index (Phi) is 4.63. The topological polar surface area (TPSA) is 59.7 Å². The highest BCUT2D eigenvalue weighted by atomic mass is 16.5. The summed E-state index contributed by atoms with van der Waals surface area (Å²) >= 11 is 0. The predicted molar refractivity (Wildman–Crippen MR) is 54.8 cm³/mol. The quantitative estimate of drug-likeness (QED) is 0.554. The van der Waals surface area contributed by atoms with Crippen molar-refractivity contribution < 1.29 is 19.1 Å². The predicted octanol–water partition coefficient (Wildman–Crippen LogP) is 2.46. The van der Waals surface area contributed by atoms with Gasteiger partial charge in [-0.2, -0.15) is 0 Å². The molecule has 0 aliphatic carbocycles. The van der Waals surface area contributed by atoms with Crippen LogP contribution in [-0.2, 0) is 11.3 Å². The number of allylic oxidation sites excluding steroid dienone is 1. The van der Waals surface area contributed by atoms with Crippen molar-refractivity contribution in [3.8, 4) is 0 Å². The van der Waals surface area contributed by atoms with Crippen molar-refractivity contribution in [2.45, 2.75) is 19.4 Å². The van der Waals surface area contributed by atoms with E-state index in [9.17, 15) is 4.79 Å². The van der Waals surface area contributed by atoms with Gasteiger partial charge in [-0.15, -0.1) is 6.58 Å². The third kappa shape index (κ3) is 3.59. The maximum absolute atomic E-state index is 10.7. The van der Waals surface area contributed by atoms with Gasteiger partial charge in [0.15, 0.2) is 0 Å². The fourth-order valence-corrected chi connectivity index (χ4v) is 1.15. The molecule has 0 fully saturated rings. The molecule has 1 aromatic rings. The molecule has 0 unspecified atom stereocenters. The lowest BCUT2D eigenvalue weighted by atomic mass is 10.2. The van der Waals surface area contributed by atoms with Crippen molar-refractivity contribution in [2.75, 3.05) is 6.61 Å². The molecule has 15 heavy (non-hydrogen) atoms. The zero-order chi connectivity index (χ0) is 11.1. The summed E-state index contributed by atoms with van der Waals surface area (Å²) in [4.78, 5) is 10.7. The standard InChI is InChI=1S/C11H14O4/c1-2-3-4-6-14-8-9-5-7-15-10(9)11(12)13/h2,5,7H,1,3-4,6,8H2,(H,12,13). The second-order valence-corrected chi connectivity index (χ2v) is 3.06. The average Bonchev–Trinajstić information content (AvgIpc) is 2.66. The van der Waals surface area contributed by atoms with Crippen molar-refractivity contribution in [3.05, 3.63) is 36.3 Å². The maximum atomic E-state index is 10.7. The van der Waals surface area contributed by atoms with Crippen LogP contribution in [0.15, 0.2) is 29.4 Å². The molecule has 0 bridgehead atoms. The van der Waals surface area contributed by atoms with Gasteiger partial charge in [0.25, 0.3) is 0 Å². The fraction of sp³-hybridized carbons (Fsp3) is 0.364. The monoisotopic (exact) mass is 210 g/mol. The normalized spacial score (nSPS) is 10.1. The molecular weight excluding hydrogens is 196 g/mol. The number of carbonyl (C=O) groups is 1. The molecule has 0 aliphatic rings. The molecule has 1 aromatic heterocycles. The Morgan fingerprint density at radius 2 is 2.47 bits per heavy atom. The van der Waals surface area contributed by atoms with Crippen LogP contribution in [0.5, 0.6) is 0 Å². The summed E-state index contributed by atoms with van der Waals surface area (Å²) in [5, 5.41) is 8.73. The van der Waals surface area contributed by atoms with Gasteiger partial charge in [0.2, 0.25) is 5.76 Å². The number of aromatic carboxylic acids is 1. The lowest BCUT2D eigenvalue weighted by molar-refractivity contribution is 0.0650. The van der Waals surface area contributed by atoms with Crippen molar-refractivity contribution >= 4 is 5.97 Å². The molecule has 4 heteroatoms. The molecule has 4 nitrogen and oxygen atoms in total. The molecule has 0 atom stereocenters. The molecule has 1 rings (SSSR count). The summed E-state index contributed by atoms with van der Waals surface area (Å²) in [6, 6.07) is 1.61. The number of furan rings is 1. The minimum absolute atomic E-state index is 0.0429. The van der Waals surface area contributed by atoms with Gasteiger partial charge in [-0.3, -0.25) is 0 Å². The van der Waals surface area contributed by atoms with Gasteiger partial charge < -0.3 is 14.3 Å². The zero-order valence-electron chi connectivity index (χ0n) is 8.44. The van der Waals surface area contributed by atoms with Crippen LogP contribution in [0.25, 0.3) is 0 Å². The third-order valence-corrected chi connectivity index (χ3v) is 1.90. The van der Waals surface area contributed by atoms with Gasteiger partial charge in [0.05, 0.1) is 12.9 Å². The summed E-state index contributed by atoms with van der Waals surface area (Å²) in [6.45, 7) is 4.46. The van der Waals surface area contributed by atoms with Gasteiger partial charge in [-0.05, 0) is 18.9 Å². The zero-order valence-corrected chi connectivity index (χ0v) is 8.44. The van der Waals surface area contributed by atoms with E-state index >= 15 is 0 Å². The first kappa shape index (κ1) is 11.5. The second kappa shape index (κ2) is 6.03. The molecule has 0 saturated carbocycles. The van der Waals surface area contributed by atoms with E-state index in [0.717, 1.165) is 12.8 Å². The van der Waals surface area contributed by atoms with Crippen LogP contribution < -0.4 is 0 Å². The number of ether oxygens (including phenoxy) is 1. The first-order valence-corrected chi connectivity index (χ1v) is 4.74. The van der Waals surface area contributed by atoms with E-state index in [-0.39, 0.29) is 12.4 Å². The first-order valence-electron chi connectivity index (χ1n) is 4.74. The largest absolute Gasteiger partial charge is 0.475 e. The SMILES string of the molecule is C=CCCCOCc1ccoc1C(=O)O. The Labute approximate surface area is 88.2 Å². The Bertz CT molecular complexity index is 327. The van der Waals surface area contributed by atoms with E-state index in [1.165, 1.54) is 6.26 Å². The maximum Gasteiger partial charge on any atom is 0.372 e. The summed E-state index contributed by atoms with van der Waals surface area (Å²) in [5.74, 6) is -1.11. The van der Waals surface area contributed by atoms with Gasteiger partial charge in [0.1, 0.15) is 0 Å². The first-order chi connectivity index (χ1) is 7.25. The summed E-state index contributed by atoms with van der Waals surface area (Å²) in [7, 11) is 0. The average molecular weight is 210 g/mol. The van der Waals surface area contributed by atoms with Crippen LogP contribution >= 0.6 is 0 Å². The van der Waals surface area contributed by atoms with Gasteiger partial charge >= 0.3 is 5.97 Å². The number of hydrogen-bond donors (Lipinski definition) is 1. The van der Waals surface area contributed by atoms with Gasteiger partial charge in [-0.1, -0.05) is 6.08 Å². The number of carboxylic acids is 1. The Morgan fingerprint density at radius 3 is 3.13 bits per heavy atom. The summed E-state index contributed by atoms with van der Waals surface area (Å²) in [6.07, 6.45) is 4.97. The second-order valence-electron chi connectivity index (χ2n) is 3.06. The summed E-state index contributed by atoms with van der Waals surface area (Å²) in [5.41, 5.74) is 0.570. The molecule has 0 saturated heterocycles. The van der Waals surface area contributed by atoms with Crippen LogP contribution in [0, 0.1) is 0 Å². The van der Waals surface area contributed by atoms with Gasteiger partial charge in [0, 0.05) is 12.2 Å². The highest BCUT2D eigenvalue weighted by molar-refractivity contribution is 5.85. The Morgan fingerprint density at radius 1 is 1.67 bits per heavy atom. The third-order valence-electron chi connectivity index (χ3n) is 1.90. The van der Waals surface area contributed by atoms with E-state index in [0.29, 0.717) is 12.2 Å². The number of rotatable bonds is 7. The Balaban J connectivity index is 2.34. The molecular formula is C11H14O4. The van der Waals surface area contributed by atoms with E-state index in [1.54, 1.807) is 6.07 Å². The molecule has 1 heterocycles. The lowest BCUT2D eigenvalue weighted by Crippen LogP contribution is -2.01. The van der Waals surface area contributed by atoms with Crippen LogP contribution in [0.2, 0.25) is 0 Å². The van der Waals surface area contributed by atoms with Crippen molar-refractivity contribution in [3.63, 3.8) is 0 Å². The van der Waals surface area contributed by atoms with E-state index < -0.39 is 5.97 Å². The number of unbranched alkanes of at least 4 members (excludes halogenated alkanes) is 1.